The summed E-state index contributed by atoms with van der Waals surface area (Å²) in [5, 5.41) is 15.9. The minimum atomic E-state index is -0.479. The van der Waals surface area contributed by atoms with E-state index >= 15 is 0 Å². The molecule has 0 unspecified atom stereocenters. The maximum atomic E-state index is 11.9. The Balaban J connectivity index is 1.84. The molecule has 0 saturated heterocycles. The van der Waals surface area contributed by atoms with Crippen LogP contribution in [-0.2, 0) is 4.79 Å². The van der Waals surface area contributed by atoms with Crippen LogP contribution in [0.2, 0.25) is 5.02 Å². The van der Waals surface area contributed by atoms with E-state index in [-0.39, 0.29) is 24.2 Å². The van der Waals surface area contributed by atoms with Crippen molar-refractivity contribution in [3.63, 3.8) is 0 Å². The molecule has 1 amide bonds. The highest BCUT2D eigenvalue weighted by molar-refractivity contribution is 6.30. The summed E-state index contributed by atoms with van der Waals surface area (Å²) in [7, 11) is 0. The molecule has 23 heavy (non-hydrogen) atoms. The number of hydrogen-bond donors (Lipinski definition) is 2. The summed E-state index contributed by atoms with van der Waals surface area (Å²) < 4.78 is 0. The summed E-state index contributed by atoms with van der Waals surface area (Å²) in [6, 6.07) is 13.4. The second kappa shape index (κ2) is 7.71. The predicted octanol–water partition coefficient (Wildman–Crippen LogP) is 2.51. The first-order valence-electron chi connectivity index (χ1n) is 7.09. The molecule has 0 fully saturated rings. The fourth-order valence-corrected chi connectivity index (χ4v) is 2.19. The summed E-state index contributed by atoms with van der Waals surface area (Å²) in [6.07, 6.45) is 0. The number of rotatable bonds is 6. The Morgan fingerprint density at radius 3 is 2.39 bits per heavy atom. The summed E-state index contributed by atoms with van der Waals surface area (Å²) in [5.41, 5.74) is 1.61. The zero-order chi connectivity index (χ0) is 16.8. The van der Waals surface area contributed by atoms with Crippen LogP contribution in [0.3, 0.4) is 0 Å². The summed E-state index contributed by atoms with van der Waals surface area (Å²) in [6.45, 7) is 2.25. The van der Waals surface area contributed by atoms with Gasteiger partial charge in [0.15, 0.2) is 6.54 Å². The van der Waals surface area contributed by atoms with Crippen LogP contribution >= 0.6 is 11.6 Å². The van der Waals surface area contributed by atoms with Gasteiger partial charge in [-0.2, -0.15) is 0 Å². The molecular weight excluding hydrogens is 318 g/mol. The zero-order valence-corrected chi connectivity index (χ0v) is 13.3. The van der Waals surface area contributed by atoms with Crippen LogP contribution in [0.15, 0.2) is 48.5 Å². The summed E-state index contributed by atoms with van der Waals surface area (Å²) in [4.78, 5) is 22.0. The number of anilines is 1. The number of quaternary nitrogens is 1. The second-order valence-electron chi connectivity index (χ2n) is 5.13. The molecule has 3 N–H and O–H groups in total. The lowest BCUT2D eigenvalue weighted by Crippen LogP contribution is -2.86. The number of carbonyl (C=O) groups is 1. The third-order valence-electron chi connectivity index (χ3n) is 3.41. The topological polar surface area (TPSA) is 88.8 Å². The number of halogens is 1. The fraction of sp³-hybridized carbons (Fsp3) is 0.188. The molecule has 0 heterocycles. The molecule has 2 aromatic carbocycles. The Morgan fingerprint density at radius 2 is 1.83 bits per heavy atom. The highest BCUT2D eigenvalue weighted by atomic mass is 35.5. The molecule has 1 atom stereocenters. The van der Waals surface area contributed by atoms with Gasteiger partial charge in [0.1, 0.15) is 6.04 Å². The highest BCUT2D eigenvalue weighted by Gasteiger charge is 2.12. The van der Waals surface area contributed by atoms with E-state index in [0.717, 1.165) is 5.56 Å². The third kappa shape index (κ3) is 5.05. The number of nitrogens with one attached hydrogen (secondary N) is 1. The lowest BCUT2D eigenvalue weighted by Gasteiger charge is -2.11. The van der Waals surface area contributed by atoms with Gasteiger partial charge in [-0.25, -0.2) is 0 Å². The van der Waals surface area contributed by atoms with E-state index in [0.29, 0.717) is 10.7 Å². The van der Waals surface area contributed by atoms with Crippen LogP contribution in [0.5, 0.6) is 0 Å². The van der Waals surface area contributed by atoms with E-state index < -0.39 is 4.92 Å². The van der Waals surface area contributed by atoms with Gasteiger partial charge >= 0.3 is 0 Å². The van der Waals surface area contributed by atoms with Crippen LogP contribution in [0.25, 0.3) is 0 Å². The quantitative estimate of drug-likeness (QED) is 0.628. The van der Waals surface area contributed by atoms with E-state index in [1.54, 1.807) is 0 Å². The molecule has 0 bridgehead atoms. The van der Waals surface area contributed by atoms with Gasteiger partial charge in [-0.05, 0) is 31.2 Å². The van der Waals surface area contributed by atoms with Crippen molar-refractivity contribution in [2.75, 3.05) is 11.9 Å². The van der Waals surface area contributed by atoms with Gasteiger partial charge in [-0.3, -0.25) is 14.9 Å². The maximum absolute atomic E-state index is 11.9. The summed E-state index contributed by atoms with van der Waals surface area (Å²) in [5.74, 6) is -0.167. The van der Waals surface area contributed by atoms with Gasteiger partial charge in [-0.1, -0.05) is 23.7 Å². The number of amides is 1. The Morgan fingerprint density at radius 1 is 1.22 bits per heavy atom. The molecule has 0 aliphatic carbocycles. The van der Waals surface area contributed by atoms with Crippen molar-refractivity contribution < 1.29 is 15.0 Å². The first kappa shape index (κ1) is 16.9. The SMILES string of the molecule is C[C@@H]([NH2+]CC(=O)Nc1ccc([N+](=O)[O-])cc1)c1ccc(Cl)cc1. The number of nitro benzene ring substituents is 1. The molecule has 2 rings (SSSR count). The van der Waals surface area contributed by atoms with E-state index in [2.05, 4.69) is 5.32 Å². The highest BCUT2D eigenvalue weighted by Crippen LogP contribution is 2.15. The van der Waals surface area contributed by atoms with Crippen molar-refractivity contribution in [1.82, 2.24) is 0 Å². The number of nitrogens with zero attached hydrogens (tertiary/aromatic N) is 1. The van der Waals surface area contributed by atoms with Crippen LogP contribution in [0.1, 0.15) is 18.5 Å². The van der Waals surface area contributed by atoms with Crippen LogP contribution in [0, 0.1) is 10.1 Å². The van der Waals surface area contributed by atoms with Crippen LogP contribution in [-0.4, -0.2) is 17.4 Å². The standard InChI is InChI=1S/C16H16ClN3O3/c1-11(12-2-4-13(17)5-3-12)18-10-16(21)19-14-6-8-15(9-7-14)20(22)23/h2-9,11,18H,10H2,1H3,(H,19,21)/p+1/t11-/m1/s1. The van der Waals surface area contributed by atoms with E-state index in [1.165, 1.54) is 24.3 Å². The molecule has 0 saturated carbocycles. The molecule has 6 nitrogen and oxygen atoms in total. The molecule has 0 radical (unpaired) electrons. The van der Waals surface area contributed by atoms with Gasteiger partial charge in [0.25, 0.3) is 11.6 Å². The van der Waals surface area contributed by atoms with E-state index in [9.17, 15) is 14.9 Å². The second-order valence-corrected chi connectivity index (χ2v) is 5.57. The Bertz CT molecular complexity index is 687. The maximum Gasteiger partial charge on any atom is 0.279 e. The summed E-state index contributed by atoms with van der Waals surface area (Å²) >= 11 is 5.85. The minimum Gasteiger partial charge on any atom is -0.333 e. The Hall–Kier alpha value is -2.44. The first-order chi connectivity index (χ1) is 11.0. The molecule has 0 aliphatic rings. The van der Waals surface area contributed by atoms with Crippen molar-refractivity contribution in [2.24, 2.45) is 0 Å². The molecule has 120 valence electrons. The average molecular weight is 335 g/mol. The molecular formula is C16H17ClN3O3+. The smallest absolute Gasteiger partial charge is 0.279 e. The number of benzene rings is 2. The number of carbonyl (C=O) groups excluding carboxylic acids is 1. The van der Waals surface area contributed by atoms with Crippen molar-refractivity contribution in [3.8, 4) is 0 Å². The van der Waals surface area contributed by atoms with Crippen LogP contribution < -0.4 is 10.6 Å². The first-order valence-corrected chi connectivity index (χ1v) is 7.46. The van der Waals surface area contributed by atoms with Gasteiger partial charge in [0, 0.05) is 28.4 Å². The van der Waals surface area contributed by atoms with Crippen molar-refractivity contribution in [2.45, 2.75) is 13.0 Å². The zero-order valence-electron chi connectivity index (χ0n) is 12.5. The fourth-order valence-electron chi connectivity index (χ4n) is 2.06. The largest absolute Gasteiger partial charge is 0.333 e. The Kier molecular flexibility index (Phi) is 5.67. The van der Waals surface area contributed by atoms with Crippen LogP contribution in [0.4, 0.5) is 11.4 Å². The number of hydrogen-bond acceptors (Lipinski definition) is 3. The molecule has 0 spiro atoms. The normalized spacial score (nSPS) is 11.7. The molecule has 0 aliphatic heterocycles. The number of non-ortho nitro benzene ring substituents is 1. The molecule has 7 heteroatoms. The van der Waals surface area contributed by atoms with Crippen molar-refractivity contribution in [3.05, 3.63) is 69.2 Å². The van der Waals surface area contributed by atoms with Gasteiger partial charge in [-0.15, -0.1) is 0 Å². The number of nitrogens with two attached hydrogens (primary N) is 1. The third-order valence-corrected chi connectivity index (χ3v) is 3.67. The lowest BCUT2D eigenvalue weighted by molar-refractivity contribution is -0.682. The molecule has 2 aromatic rings. The van der Waals surface area contributed by atoms with E-state index in [1.807, 2.05) is 36.5 Å². The predicted molar refractivity (Wildman–Crippen MR) is 88.4 cm³/mol. The van der Waals surface area contributed by atoms with Gasteiger partial charge in [0.2, 0.25) is 0 Å². The van der Waals surface area contributed by atoms with Gasteiger partial charge in [0.05, 0.1) is 4.92 Å². The minimum absolute atomic E-state index is 0.00841. The van der Waals surface area contributed by atoms with Crippen molar-refractivity contribution >= 4 is 28.9 Å². The van der Waals surface area contributed by atoms with Gasteiger partial charge < -0.3 is 10.6 Å². The monoisotopic (exact) mass is 334 g/mol. The Labute approximate surface area is 138 Å². The number of nitro groups is 1. The van der Waals surface area contributed by atoms with Crippen molar-refractivity contribution in [1.29, 1.82) is 0 Å². The van der Waals surface area contributed by atoms with E-state index in [4.69, 9.17) is 11.6 Å². The molecule has 0 aromatic heterocycles. The average Bonchev–Trinajstić information content (AvgIpc) is 2.54. The lowest BCUT2D eigenvalue weighted by atomic mass is 10.1.